The molecule has 5 nitrogen and oxygen atoms in total. The van der Waals surface area contributed by atoms with Crippen molar-refractivity contribution in [3.05, 3.63) is 48.2 Å². The molecule has 0 bridgehead atoms. The van der Waals surface area contributed by atoms with Crippen LogP contribution in [-0.2, 0) is 16.1 Å². The van der Waals surface area contributed by atoms with Crippen molar-refractivity contribution >= 4 is 18.2 Å². The van der Waals surface area contributed by atoms with Gasteiger partial charge in [0.15, 0.2) is 0 Å². The first-order chi connectivity index (χ1) is 8.75. The lowest BCUT2D eigenvalue weighted by Crippen LogP contribution is -2.27. The van der Waals surface area contributed by atoms with Crippen LogP contribution >= 0.6 is 0 Å². The van der Waals surface area contributed by atoms with Gasteiger partial charge in [0.25, 0.3) is 5.91 Å². The van der Waals surface area contributed by atoms with E-state index in [1.54, 1.807) is 0 Å². The number of carbonyl (C=O) groups excluding carboxylic acids is 2. The van der Waals surface area contributed by atoms with Gasteiger partial charge in [-0.15, -0.1) is 0 Å². The Balaban J connectivity index is 1.90. The number of hydrogen-bond acceptors (Lipinski definition) is 3. The van der Waals surface area contributed by atoms with Gasteiger partial charge >= 0.3 is 6.09 Å². The van der Waals surface area contributed by atoms with Gasteiger partial charge in [0.1, 0.15) is 6.61 Å². The fourth-order valence-electron chi connectivity index (χ4n) is 1.41. The smallest absolute Gasteiger partial charge is 0.414 e. The average Bonchev–Trinajstić information content (AvgIpc) is 2.62. The van der Waals surface area contributed by atoms with E-state index in [9.17, 15) is 9.59 Å². The van der Waals surface area contributed by atoms with Gasteiger partial charge in [-0.2, -0.15) is 0 Å². The molecule has 1 aromatic carbocycles. The van der Waals surface area contributed by atoms with Crippen molar-refractivity contribution in [3.63, 3.8) is 0 Å². The Morgan fingerprint density at radius 1 is 1.33 bits per heavy atom. The lowest BCUT2D eigenvalue weighted by atomic mass is 10.2. The van der Waals surface area contributed by atoms with Gasteiger partial charge in [0.2, 0.25) is 0 Å². The predicted octanol–water partition coefficient (Wildman–Crippen LogP) is 1.75. The molecule has 0 N–H and O–H groups in total. The molecule has 0 fully saturated rings. The average molecular weight is 244 g/mol. The molecule has 0 aromatic heterocycles. The summed E-state index contributed by atoms with van der Waals surface area (Å²) >= 11 is 0. The second-order valence-electron chi connectivity index (χ2n) is 3.66. The molecule has 0 radical (unpaired) electrons. The third-order valence-electron chi connectivity index (χ3n) is 2.33. The molecule has 1 aromatic rings. The molecule has 0 unspecified atom stereocenters. The number of carbonyl (C=O) groups is 2. The van der Waals surface area contributed by atoms with Crippen LogP contribution in [0.25, 0.3) is 0 Å². The third-order valence-corrected chi connectivity index (χ3v) is 2.33. The van der Waals surface area contributed by atoms with Crippen LogP contribution in [0.4, 0.5) is 4.79 Å². The lowest BCUT2D eigenvalue weighted by Gasteiger charge is -2.14. The molecule has 92 valence electrons. The van der Waals surface area contributed by atoms with Crippen molar-refractivity contribution in [2.45, 2.75) is 6.61 Å². The number of rotatable bonds is 2. The van der Waals surface area contributed by atoms with Crippen LogP contribution < -0.4 is 0 Å². The standard InChI is InChI=1S/C13H12N2O3/c16-12-6-8-15(9-7-14-12)13(17)18-10-11-4-2-1-3-5-11/h1-8H,9-10H2. The number of nitrogens with zero attached hydrogens (tertiary/aromatic N) is 2. The SMILES string of the molecule is O=C1C=CN(C(=O)OCc2ccccc2)CC=N1. The van der Waals surface area contributed by atoms with Crippen LogP contribution in [0, 0.1) is 0 Å². The molecule has 18 heavy (non-hydrogen) atoms. The zero-order valence-electron chi connectivity index (χ0n) is 9.65. The monoisotopic (exact) mass is 244 g/mol. The van der Waals surface area contributed by atoms with E-state index in [2.05, 4.69) is 4.99 Å². The Morgan fingerprint density at radius 2 is 2.11 bits per heavy atom. The Kier molecular flexibility index (Phi) is 3.86. The fourth-order valence-corrected chi connectivity index (χ4v) is 1.41. The van der Waals surface area contributed by atoms with Crippen LogP contribution in [0.5, 0.6) is 0 Å². The van der Waals surface area contributed by atoms with E-state index in [1.165, 1.54) is 23.4 Å². The third kappa shape index (κ3) is 3.28. The lowest BCUT2D eigenvalue weighted by molar-refractivity contribution is -0.113. The maximum atomic E-state index is 11.7. The Hall–Kier alpha value is -2.43. The van der Waals surface area contributed by atoms with Crippen molar-refractivity contribution in [2.75, 3.05) is 6.54 Å². The van der Waals surface area contributed by atoms with Gasteiger partial charge in [0.05, 0.1) is 6.54 Å². The molecule has 0 atom stereocenters. The zero-order valence-corrected chi connectivity index (χ0v) is 9.65. The maximum Gasteiger partial charge on any atom is 0.414 e. The summed E-state index contributed by atoms with van der Waals surface area (Å²) in [6, 6.07) is 9.39. The minimum atomic E-state index is -0.503. The minimum absolute atomic E-state index is 0.203. The first kappa shape index (κ1) is 12.0. The number of hydrogen-bond donors (Lipinski definition) is 0. The quantitative estimate of drug-likeness (QED) is 0.796. The van der Waals surface area contributed by atoms with E-state index in [1.807, 2.05) is 30.3 Å². The molecule has 0 spiro atoms. The molecule has 2 rings (SSSR count). The maximum absolute atomic E-state index is 11.7. The van der Waals surface area contributed by atoms with Gasteiger partial charge in [-0.1, -0.05) is 30.3 Å². The predicted molar refractivity (Wildman–Crippen MR) is 66.0 cm³/mol. The topological polar surface area (TPSA) is 59.0 Å². The van der Waals surface area contributed by atoms with Crippen LogP contribution in [0.15, 0.2) is 47.6 Å². The van der Waals surface area contributed by atoms with Gasteiger partial charge in [-0.05, 0) is 5.56 Å². The molecule has 0 saturated heterocycles. The van der Waals surface area contributed by atoms with E-state index >= 15 is 0 Å². The summed E-state index contributed by atoms with van der Waals surface area (Å²) < 4.78 is 5.12. The summed E-state index contributed by atoms with van der Waals surface area (Å²) in [4.78, 5) is 27.5. The molecule has 1 heterocycles. The molecule has 5 heteroatoms. The second-order valence-corrected chi connectivity index (χ2v) is 3.66. The fraction of sp³-hybridized carbons (Fsp3) is 0.154. The van der Waals surface area contributed by atoms with Crippen LogP contribution in [0.1, 0.15) is 5.56 Å². The van der Waals surface area contributed by atoms with Crippen LogP contribution in [0.3, 0.4) is 0 Å². The second kappa shape index (κ2) is 5.77. The highest BCUT2D eigenvalue weighted by Crippen LogP contribution is 2.04. The van der Waals surface area contributed by atoms with E-state index in [0.29, 0.717) is 0 Å². The molecule has 0 saturated carbocycles. The van der Waals surface area contributed by atoms with Crippen molar-refractivity contribution in [1.29, 1.82) is 0 Å². The van der Waals surface area contributed by atoms with E-state index in [-0.39, 0.29) is 19.1 Å². The van der Waals surface area contributed by atoms with Crippen molar-refractivity contribution < 1.29 is 14.3 Å². The van der Waals surface area contributed by atoms with Crippen molar-refractivity contribution in [3.8, 4) is 0 Å². The molecule has 2 amide bonds. The number of benzene rings is 1. The first-order valence-electron chi connectivity index (χ1n) is 5.48. The van der Waals surface area contributed by atoms with Gasteiger partial charge in [0, 0.05) is 18.5 Å². The van der Waals surface area contributed by atoms with Crippen molar-refractivity contribution in [2.24, 2.45) is 4.99 Å². The van der Waals surface area contributed by atoms with Crippen molar-refractivity contribution in [1.82, 2.24) is 4.90 Å². The highest BCUT2D eigenvalue weighted by atomic mass is 16.6. The van der Waals surface area contributed by atoms with Crippen LogP contribution in [-0.4, -0.2) is 29.7 Å². The normalized spacial score (nSPS) is 14.4. The molecular formula is C13H12N2O3. The highest BCUT2D eigenvalue weighted by Gasteiger charge is 2.13. The van der Waals surface area contributed by atoms with E-state index < -0.39 is 6.09 Å². The largest absolute Gasteiger partial charge is 0.444 e. The molecule has 0 aliphatic carbocycles. The minimum Gasteiger partial charge on any atom is -0.444 e. The summed E-state index contributed by atoms with van der Waals surface area (Å²) in [6.07, 6.45) is 3.48. The Labute approximate surface area is 104 Å². The van der Waals surface area contributed by atoms with E-state index in [4.69, 9.17) is 4.74 Å². The Bertz CT molecular complexity index is 494. The number of ether oxygens (including phenoxy) is 1. The summed E-state index contributed by atoms with van der Waals surface area (Å²) in [5, 5.41) is 0. The summed E-state index contributed by atoms with van der Waals surface area (Å²) in [5.41, 5.74) is 0.911. The van der Waals surface area contributed by atoms with Gasteiger partial charge in [-0.3, -0.25) is 9.69 Å². The summed E-state index contributed by atoms with van der Waals surface area (Å²) in [5.74, 6) is -0.381. The first-order valence-corrected chi connectivity index (χ1v) is 5.48. The van der Waals surface area contributed by atoms with E-state index in [0.717, 1.165) is 5.56 Å². The van der Waals surface area contributed by atoms with Gasteiger partial charge < -0.3 is 4.74 Å². The molecule has 1 aliphatic heterocycles. The van der Waals surface area contributed by atoms with Crippen LogP contribution in [0.2, 0.25) is 0 Å². The highest BCUT2D eigenvalue weighted by molar-refractivity contribution is 5.95. The molecule has 1 aliphatic rings. The zero-order chi connectivity index (χ0) is 12.8. The summed E-state index contributed by atoms with van der Waals surface area (Å²) in [6.45, 7) is 0.435. The number of amides is 2. The molecular weight excluding hydrogens is 232 g/mol. The Morgan fingerprint density at radius 3 is 2.89 bits per heavy atom. The summed E-state index contributed by atoms with van der Waals surface area (Å²) in [7, 11) is 0. The van der Waals surface area contributed by atoms with Gasteiger partial charge in [-0.25, -0.2) is 9.79 Å². The number of aliphatic imine (C=N–C) groups is 1.